The predicted octanol–water partition coefficient (Wildman–Crippen LogP) is 0.0793. The number of hydrogen-bond acceptors (Lipinski definition) is 4. The first-order valence-electron chi connectivity index (χ1n) is 4.83. The number of nitrogens with zero attached hydrogens (tertiary/aromatic N) is 1. The Morgan fingerprint density at radius 3 is 2.64 bits per heavy atom. The molecule has 0 saturated carbocycles. The Hall–Kier alpha value is -0.170. The molecule has 84 valence electrons. The minimum absolute atomic E-state index is 0.0780. The summed E-state index contributed by atoms with van der Waals surface area (Å²) in [5.41, 5.74) is 0. The quantitative estimate of drug-likeness (QED) is 0.734. The van der Waals surface area contributed by atoms with Crippen LogP contribution in [0, 0.1) is 0 Å². The predicted molar refractivity (Wildman–Crippen MR) is 53.9 cm³/mol. The minimum Gasteiger partial charge on any atom is -0.296 e. The number of nitrogens with two attached hydrogens (primary N) is 1. The summed E-state index contributed by atoms with van der Waals surface area (Å²) < 4.78 is 22.2. The van der Waals surface area contributed by atoms with E-state index in [1.807, 2.05) is 13.8 Å². The third-order valence-corrected chi connectivity index (χ3v) is 3.48. The lowest BCUT2D eigenvalue weighted by Gasteiger charge is -2.31. The van der Waals surface area contributed by atoms with Crippen molar-refractivity contribution in [2.24, 2.45) is 5.14 Å². The molecule has 0 spiro atoms. The summed E-state index contributed by atoms with van der Waals surface area (Å²) in [6.45, 7) is 5.00. The molecule has 1 unspecified atom stereocenters. The standard InChI is InChI=1S/C8H18N2O3S/c1-7(2)13-10-5-3-4-8(6-10)14(9,11)12/h7-8H,3-6H2,1-2H3,(H2,9,11,12). The van der Waals surface area contributed by atoms with Gasteiger partial charge in [-0.05, 0) is 26.7 Å². The summed E-state index contributed by atoms with van der Waals surface area (Å²) in [7, 11) is -3.42. The van der Waals surface area contributed by atoms with Crippen LogP contribution in [0.25, 0.3) is 0 Å². The molecule has 0 aliphatic carbocycles. The van der Waals surface area contributed by atoms with Gasteiger partial charge in [0.05, 0.1) is 11.4 Å². The number of rotatable bonds is 3. The topological polar surface area (TPSA) is 72.6 Å². The van der Waals surface area contributed by atoms with Crippen LogP contribution in [0.1, 0.15) is 26.7 Å². The molecule has 5 nitrogen and oxygen atoms in total. The third kappa shape index (κ3) is 3.53. The number of hydroxylamine groups is 2. The van der Waals surface area contributed by atoms with Crippen LogP contribution in [-0.4, -0.2) is 37.9 Å². The average Bonchev–Trinajstić information content (AvgIpc) is 2.01. The SMILES string of the molecule is CC(C)ON1CCCC(S(N)(=O)=O)C1. The van der Waals surface area contributed by atoms with Crippen LogP contribution in [0.4, 0.5) is 0 Å². The zero-order chi connectivity index (χ0) is 10.8. The largest absolute Gasteiger partial charge is 0.296 e. The van der Waals surface area contributed by atoms with Crippen LogP contribution in [0.5, 0.6) is 0 Å². The van der Waals surface area contributed by atoms with E-state index < -0.39 is 15.3 Å². The van der Waals surface area contributed by atoms with Crippen molar-refractivity contribution in [2.45, 2.75) is 38.0 Å². The van der Waals surface area contributed by atoms with Gasteiger partial charge in [-0.1, -0.05) is 0 Å². The highest BCUT2D eigenvalue weighted by atomic mass is 32.2. The van der Waals surface area contributed by atoms with E-state index in [-0.39, 0.29) is 6.10 Å². The van der Waals surface area contributed by atoms with Gasteiger partial charge in [0.2, 0.25) is 10.0 Å². The maximum atomic E-state index is 11.1. The number of primary sulfonamides is 1. The fourth-order valence-corrected chi connectivity index (χ4v) is 2.44. The van der Waals surface area contributed by atoms with Crippen LogP contribution in [0.2, 0.25) is 0 Å². The Bertz CT molecular complexity index is 276. The van der Waals surface area contributed by atoms with Crippen molar-refractivity contribution in [3.05, 3.63) is 0 Å². The van der Waals surface area contributed by atoms with E-state index in [9.17, 15) is 8.42 Å². The molecule has 0 radical (unpaired) electrons. The molecule has 2 N–H and O–H groups in total. The Labute approximate surface area is 85.2 Å². The maximum absolute atomic E-state index is 11.1. The molecule has 1 fully saturated rings. The summed E-state index contributed by atoms with van der Waals surface area (Å²) in [5.74, 6) is 0. The third-order valence-electron chi connectivity index (χ3n) is 2.17. The molecule has 14 heavy (non-hydrogen) atoms. The fraction of sp³-hybridized carbons (Fsp3) is 1.00. The van der Waals surface area contributed by atoms with Gasteiger partial charge < -0.3 is 0 Å². The second kappa shape index (κ2) is 4.57. The smallest absolute Gasteiger partial charge is 0.213 e. The van der Waals surface area contributed by atoms with Gasteiger partial charge in [-0.3, -0.25) is 4.84 Å². The van der Waals surface area contributed by atoms with E-state index in [4.69, 9.17) is 9.98 Å². The average molecular weight is 222 g/mol. The van der Waals surface area contributed by atoms with Crippen molar-refractivity contribution in [2.75, 3.05) is 13.1 Å². The van der Waals surface area contributed by atoms with Crippen LogP contribution in [0.3, 0.4) is 0 Å². The fourth-order valence-electron chi connectivity index (χ4n) is 1.57. The second-order valence-electron chi connectivity index (χ2n) is 3.90. The molecule has 1 aliphatic heterocycles. The Balaban J connectivity index is 2.52. The molecular formula is C8H18N2O3S. The van der Waals surface area contributed by atoms with Crippen LogP contribution >= 0.6 is 0 Å². The van der Waals surface area contributed by atoms with Crippen molar-refractivity contribution in [1.29, 1.82) is 0 Å². The molecule has 6 heteroatoms. The minimum atomic E-state index is -3.42. The lowest BCUT2D eigenvalue weighted by atomic mass is 10.2. The monoisotopic (exact) mass is 222 g/mol. The molecule has 0 bridgehead atoms. The van der Waals surface area contributed by atoms with Gasteiger partial charge in [-0.25, -0.2) is 13.6 Å². The van der Waals surface area contributed by atoms with Crippen molar-refractivity contribution in [3.63, 3.8) is 0 Å². The molecular weight excluding hydrogens is 204 g/mol. The molecule has 1 atom stereocenters. The Morgan fingerprint density at radius 1 is 1.50 bits per heavy atom. The molecule has 1 aliphatic rings. The second-order valence-corrected chi connectivity index (χ2v) is 5.74. The van der Waals surface area contributed by atoms with Gasteiger partial charge in [-0.2, -0.15) is 5.06 Å². The van der Waals surface area contributed by atoms with Crippen molar-refractivity contribution in [3.8, 4) is 0 Å². The normalized spacial score (nSPS) is 25.6. The molecule has 0 aromatic rings. The molecule has 1 rings (SSSR count). The van der Waals surface area contributed by atoms with Gasteiger partial charge in [0.15, 0.2) is 0 Å². The summed E-state index contributed by atoms with van der Waals surface area (Å²) in [6.07, 6.45) is 1.53. The zero-order valence-corrected chi connectivity index (χ0v) is 9.46. The number of piperidine rings is 1. The van der Waals surface area contributed by atoms with E-state index >= 15 is 0 Å². The van der Waals surface area contributed by atoms with Gasteiger partial charge >= 0.3 is 0 Å². The van der Waals surface area contributed by atoms with Crippen LogP contribution in [0.15, 0.2) is 0 Å². The number of sulfonamides is 1. The molecule has 0 aromatic carbocycles. The summed E-state index contributed by atoms with van der Waals surface area (Å²) in [5, 5.41) is 6.31. The van der Waals surface area contributed by atoms with Crippen LogP contribution in [-0.2, 0) is 14.9 Å². The highest BCUT2D eigenvalue weighted by Gasteiger charge is 2.28. The van der Waals surface area contributed by atoms with Crippen molar-refractivity contribution in [1.82, 2.24) is 5.06 Å². The number of hydrogen-bond donors (Lipinski definition) is 1. The van der Waals surface area contributed by atoms with E-state index in [2.05, 4.69) is 0 Å². The highest BCUT2D eigenvalue weighted by Crippen LogP contribution is 2.16. The van der Waals surface area contributed by atoms with Gasteiger partial charge in [0, 0.05) is 13.1 Å². The highest BCUT2D eigenvalue weighted by molar-refractivity contribution is 7.89. The summed E-state index contributed by atoms with van der Waals surface area (Å²) >= 11 is 0. The molecule has 0 amide bonds. The molecule has 0 aromatic heterocycles. The van der Waals surface area contributed by atoms with Crippen molar-refractivity contribution >= 4 is 10.0 Å². The summed E-state index contributed by atoms with van der Waals surface area (Å²) in [6, 6.07) is 0. The maximum Gasteiger partial charge on any atom is 0.213 e. The Morgan fingerprint density at radius 2 is 2.14 bits per heavy atom. The Kier molecular flexibility index (Phi) is 3.88. The van der Waals surface area contributed by atoms with Crippen molar-refractivity contribution < 1.29 is 13.3 Å². The lowest BCUT2D eigenvalue weighted by Crippen LogP contribution is -2.45. The van der Waals surface area contributed by atoms with E-state index in [0.717, 1.165) is 13.0 Å². The van der Waals surface area contributed by atoms with Gasteiger partial charge in [-0.15, -0.1) is 0 Å². The first kappa shape index (κ1) is 11.9. The van der Waals surface area contributed by atoms with Gasteiger partial charge in [0.25, 0.3) is 0 Å². The lowest BCUT2D eigenvalue weighted by molar-refractivity contribution is -0.194. The molecule has 1 saturated heterocycles. The van der Waals surface area contributed by atoms with E-state index in [1.165, 1.54) is 0 Å². The first-order chi connectivity index (χ1) is 6.39. The first-order valence-corrected chi connectivity index (χ1v) is 6.44. The van der Waals surface area contributed by atoms with E-state index in [1.54, 1.807) is 5.06 Å². The van der Waals surface area contributed by atoms with Gasteiger partial charge in [0.1, 0.15) is 0 Å². The zero-order valence-electron chi connectivity index (χ0n) is 8.64. The van der Waals surface area contributed by atoms with E-state index in [0.29, 0.717) is 13.0 Å². The molecule has 1 heterocycles. The summed E-state index contributed by atoms with van der Waals surface area (Å²) in [4.78, 5) is 5.43. The van der Waals surface area contributed by atoms with Crippen LogP contribution < -0.4 is 5.14 Å².